The summed E-state index contributed by atoms with van der Waals surface area (Å²) >= 11 is 0. The van der Waals surface area contributed by atoms with Gasteiger partial charge in [0.05, 0.1) is 5.52 Å². The number of nitrogens with two attached hydrogens (primary N) is 1. The van der Waals surface area contributed by atoms with E-state index in [1.165, 1.54) is 12.1 Å². The number of hydrogen-bond acceptors (Lipinski definition) is 3. The summed E-state index contributed by atoms with van der Waals surface area (Å²) in [5.41, 5.74) is 7.83. The Labute approximate surface area is 96.4 Å². The summed E-state index contributed by atoms with van der Waals surface area (Å²) in [6.45, 7) is 0. The standard InChI is InChI=1S/C12H10FN3O/c1-16-6-9(10-5-12(14)17-15-10)8-3-2-7(13)4-11(8)16/h2-6H,14H2,1H3. The maximum atomic E-state index is 13.2. The van der Waals surface area contributed by atoms with Gasteiger partial charge in [-0.05, 0) is 18.2 Å². The van der Waals surface area contributed by atoms with E-state index in [2.05, 4.69) is 5.16 Å². The van der Waals surface area contributed by atoms with Gasteiger partial charge in [-0.15, -0.1) is 0 Å². The van der Waals surface area contributed by atoms with E-state index in [9.17, 15) is 4.39 Å². The number of halogens is 1. The van der Waals surface area contributed by atoms with Crippen LogP contribution in [-0.4, -0.2) is 9.72 Å². The van der Waals surface area contributed by atoms with Gasteiger partial charge in [-0.1, -0.05) is 5.16 Å². The molecule has 4 nitrogen and oxygen atoms in total. The molecule has 0 radical (unpaired) electrons. The zero-order valence-electron chi connectivity index (χ0n) is 9.14. The second-order valence-electron chi connectivity index (χ2n) is 3.93. The molecular weight excluding hydrogens is 221 g/mol. The number of aromatic nitrogens is 2. The van der Waals surface area contributed by atoms with E-state index in [0.717, 1.165) is 16.5 Å². The lowest BCUT2D eigenvalue weighted by atomic mass is 10.1. The predicted molar refractivity (Wildman–Crippen MR) is 62.8 cm³/mol. The van der Waals surface area contributed by atoms with Gasteiger partial charge in [0.15, 0.2) is 0 Å². The molecular formula is C12H10FN3O. The van der Waals surface area contributed by atoms with Gasteiger partial charge in [-0.3, -0.25) is 0 Å². The van der Waals surface area contributed by atoms with Crippen LogP contribution in [0.4, 0.5) is 10.3 Å². The summed E-state index contributed by atoms with van der Waals surface area (Å²) in [6.07, 6.45) is 1.88. The van der Waals surface area contributed by atoms with E-state index in [4.69, 9.17) is 10.3 Å². The van der Waals surface area contributed by atoms with E-state index in [-0.39, 0.29) is 11.7 Å². The highest BCUT2D eigenvalue weighted by atomic mass is 19.1. The number of rotatable bonds is 1. The van der Waals surface area contributed by atoms with Crippen molar-refractivity contribution in [3.63, 3.8) is 0 Å². The lowest BCUT2D eigenvalue weighted by Crippen LogP contribution is -1.83. The molecule has 0 aliphatic carbocycles. The van der Waals surface area contributed by atoms with Crippen molar-refractivity contribution in [1.82, 2.24) is 9.72 Å². The van der Waals surface area contributed by atoms with Crippen LogP contribution >= 0.6 is 0 Å². The molecule has 2 heterocycles. The van der Waals surface area contributed by atoms with Gasteiger partial charge in [-0.2, -0.15) is 0 Å². The molecule has 2 aromatic heterocycles. The van der Waals surface area contributed by atoms with E-state index in [1.807, 2.05) is 17.8 Å². The van der Waals surface area contributed by atoms with Crippen LogP contribution in [0.1, 0.15) is 0 Å². The number of benzene rings is 1. The quantitative estimate of drug-likeness (QED) is 0.700. The molecule has 5 heteroatoms. The second kappa shape index (κ2) is 3.35. The molecule has 1 aromatic carbocycles. The summed E-state index contributed by atoms with van der Waals surface area (Å²) in [7, 11) is 1.86. The maximum Gasteiger partial charge on any atom is 0.222 e. The fraction of sp³-hybridized carbons (Fsp3) is 0.0833. The van der Waals surface area contributed by atoms with E-state index >= 15 is 0 Å². The second-order valence-corrected chi connectivity index (χ2v) is 3.93. The minimum absolute atomic E-state index is 0.259. The summed E-state index contributed by atoms with van der Waals surface area (Å²) in [5, 5.41) is 4.78. The first-order valence-corrected chi connectivity index (χ1v) is 5.12. The van der Waals surface area contributed by atoms with Gasteiger partial charge in [0, 0.05) is 30.3 Å². The van der Waals surface area contributed by atoms with E-state index in [0.29, 0.717) is 5.69 Å². The van der Waals surface area contributed by atoms with Crippen LogP contribution in [0.15, 0.2) is 35.0 Å². The monoisotopic (exact) mass is 231 g/mol. The van der Waals surface area contributed by atoms with Crippen molar-refractivity contribution >= 4 is 16.8 Å². The molecule has 3 rings (SSSR count). The van der Waals surface area contributed by atoms with Crippen molar-refractivity contribution in [2.24, 2.45) is 7.05 Å². The number of nitrogen functional groups attached to an aromatic ring is 1. The molecule has 0 bridgehead atoms. The van der Waals surface area contributed by atoms with Crippen molar-refractivity contribution in [2.75, 3.05) is 5.73 Å². The molecule has 2 N–H and O–H groups in total. The Hall–Kier alpha value is -2.30. The lowest BCUT2D eigenvalue weighted by Gasteiger charge is -1.95. The molecule has 0 atom stereocenters. The molecule has 17 heavy (non-hydrogen) atoms. The molecule has 0 saturated heterocycles. The first kappa shape index (κ1) is 9.89. The lowest BCUT2D eigenvalue weighted by molar-refractivity contribution is 0.439. The summed E-state index contributed by atoms with van der Waals surface area (Å²) < 4.78 is 19.9. The normalized spacial score (nSPS) is 11.2. The van der Waals surface area contributed by atoms with Gasteiger partial charge in [0.25, 0.3) is 0 Å². The van der Waals surface area contributed by atoms with Crippen LogP contribution in [0.3, 0.4) is 0 Å². The zero-order valence-corrected chi connectivity index (χ0v) is 9.14. The molecule has 0 spiro atoms. The van der Waals surface area contributed by atoms with Gasteiger partial charge in [0.2, 0.25) is 5.88 Å². The fourth-order valence-electron chi connectivity index (χ4n) is 1.98. The number of nitrogens with zero attached hydrogens (tertiary/aromatic N) is 2. The Balaban J connectivity index is 2.31. The molecule has 3 aromatic rings. The first-order chi connectivity index (χ1) is 8.15. The van der Waals surface area contributed by atoms with Gasteiger partial charge in [-0.25, -0.2) is 4.39 Å². The molecule has 86 valence electrons. The third kappa shape index (κ3) is 1.47. The number of anilines is 1. The van der Waals surface area contributed by atoms with E-state index < -0.39 is 0 Å². The van der Waals surface area contributed by atoms with Crippen molar-refractivity contribution in [3.05, 3.63) is 36.3 Å². The third-order valence-corrected chi connectivity index (χ3v) is 2.76. The van der Waals surface area contributed by atoms with Crippen LogP contribution in [0, 0.1) is 5.82 Å². The Bertz CT molecular complexity index is 699. The third-order valence-electron chi connectivity index (χ3n) is 2.76. The van der Waals surface area contributed by atoms with Crippen molar-refractivity contribution < 1.29 is 8.91 Å². The average Bonchev–Trinajstić information content (AvgIpc) is 2.84. The maximum absolute atomic E-state index is 13.2. The number of hydrogen-bond donors (Lipinski definition) is 1. The summed E-state index contributed by atoms with van der Waals surface area (Å²) in [5.74, 6) is 0.00373. The van der Waals surface area contributed by atoms with Gasteiger partial charge in [0.1, 0.15) is 11.5 Å². The van der Waals surface area contributed by atoms with Crippen LogP contribution in [0.25, 0.3) is 22.2 Å². The molecule has 0 aliphatic heterocycles. The Morgan fingerprint density at radius 3 is 2.88 bits per heavy atom. The van der Waals surface area contributed by atoms with Crippen molar-refractivity contribution in [3.8, 4) is 11.3 Å². The van der Waals surface area contributed by atoms with E-state index in [1.54, 1.807) is 12.1 Å². The Morgan fingerprint density at radius 1 is 1.35 bits per heavy atom. The molecule has 0 unspecified atom stereocenters. The number of aryl methyl sites for hydroxylation is 1. The van der Waals surface area contributed by atoms with Crippen LogP contribution < -0.4 is 5.73 Å². The summed E-state index contributed by atoms with van der Waals surface area (Å²) in [6, 6.07) is 6.29. The first-order valence-electron chi connectivity index (χ1n) is 5.12. The summed E-state index contributed by atoms with van der Waals surface area (Å²) in [4.78, 5) is 0. The van der Waals surface area contributed by atoms with Gasteiger partial charge >= 0.3 is 0 Å². The Morgan fingerprint density at radius 2 is 2.18 bits per heavy atom. The highest BCUT2D eigenvalue weighted by molar-refractivity contribution is 5.95. The predicted octanol–water partition coefficient (Wildman–Crippen LogP) is 2.55. The van der Waals surface area contributed by atoms with Crippen molar-refractivity contribution in [1.29, 1.82) is 0 Å². The van der Waals surface area contributed by atoms with Crippen molar-refractivity contribution in [2.45, 2.75) is 0 Å². The minimum Gasteiger partial charge on any atom is -0.368 e. The minimum atomic E-state index is -0.259. The highest BCUT2D eigenvalue weighted by Gasteiger charge is 2.12. The smallest absolute Gasteiger partial charge is 0.222 e. The SMILES string of the molecule is Cn1cc(-c2cc(N)on2)c2ccc(F)cc21. The number of fused-ring (bicyclic) bond motifs is 1. The van der Waals surface area contributed by atoms with Crippen LogP contribution in [0.5, 0.6) is 0 Å². The fourth-order valence-corrected chi connectivity index (χ4v) is 1.98. The van der Waals surface area contributed by atoms with Crippen LogP contribution in [-0.2, 0) is 7.05 Å². The highest BCUT2D eigenvalue weighted by Crippen LogP contribution is 2.30. The topological polar surface area (TPSA) is 57.0 Å². The largest absolute Gasteiger partial charge is 0.368 e. The Kier molecular flexibility index (Phi) is 1.95. The molecule has 0 amide bonds. The molecule has 0 saturated carbocycles. The average molecular weight is 231 g/mol. The molecule has 0 aliphatic rings. The zero-order chi connectivity index (χ0) is 12.0. The van der Waals surface area contributed by atoms with Crippen LogP contribution in [0.2, 0.25) is 0 Å². The van der Waals surface area contributed by atoms with Gasteiger partial charge < -0.3 is 14.8 Å². The molecule has 0 fully saturated rings.